The van der Waals surface area contributed by atoms with Gasteiger partial charge < -0.3 is 9.84 Å². The van der Waals surface area contributed by atoms with Crippen LogP contribution in [0.5, 0.6) is 0 Å². The minimum atomic E-state index is -0.789. The molecule has 0 heterocycles. The molecule has 5 rings (SSSR count). The second kappa shape index (κ2) is 11.8. The molecular weight excluding hydrogens is 496 g/mol. The number of esters is 1. The Morgan fingerprint density at radius 2 is 1.70 bits per heavy atom. The van der Waals surface area contributed by atoms with Crippen LogP contribution in [0.1, 0.15) is 144 Å². The van der Waals surface area contributed by atoms with Gasteiger partial charge in [-0.2, -0.15) is 0 Å². The van der Waals surface area contributed by atoms with E-state index in [9.17, 15) is 14.7 Å². The van der Waals surface area contributed by atoms with Gasteiger partial charge in [0.25, 0.3) is 0 Å². The Labute approximate surface area is 244 Å². The van der Waals surface area contributed by atoms with Gasteiger partial charge in [-0.05, 0) is 110 Å². The smallest absolute Gasteiger partial charge is 0.306 e. The summed E-state index contributed by atoms with van der Waals surface area (Å²) >= 11 is 0. The first-order valence-electron chi connectivity index (χ1n) is 17.1. The number of carboxylic acid groups (broad SMARTS) is 1. The third-order valence-electron chi connectivity index (χ3n) is 13.3. The molecule has 5 aliphatic rings. The fourth-order valence-corrected chi connectivity index (χ4v) is 11.1. The predicted octanol–water partition coefficient (Wildman–Crippen LogP) is 9.36. The predicted molar refractivity (Wildman–Crippen MR) is 161 cm³/mol. The fraction of sp³-hybridized carbons (Fsp3) is 0.889. The lowest BCUT2D eigenvalue weighted by Crippen LogP contribution is -2.51. The SMILES string of the molecule is CC(C)CCC[C@@H](C)[C@H]1CC[C@H]2[C@@H]3CC=C4CC(OC(=O)CC5(CC(=O)O)CCCC5)CC[C@]4(C)[C@H]3CC[C@]12C. The number of carbonyl (C=O) groups is 2. The number of aliphatic carboxylic acids is 1. The molecule has 0 aromatic heterocycles. The highest BCUT2D eigenvalue weighted by Gasteiger charge is 2.59. The van der Waals surface area contributed by atoms with Crippen molar-refractivity contribution < 1.29 is 19.4 Å². The largest absolute Gasteiger partial charge is 0.481 e. The summed E-state index contributed by atoms with van der Waals surface area (Å²) in [6, 6.07) is 0. The van der Waals surface area contributed by atoms with Crippen LogP contribution < -0.4 is 0 Å². The summed E-state index contributed by atoms with van der Waals surface area (Å²) in [5, 5.41) is 9.43. The highest BCUT2D eigenvalue weighted by Crippen LogP contribution is 2.67. The van der Waals surface area contributed by atoms with E-state index in [1.807, 2.05) is 0 Å². The zero-order valence-electron chi connectivity index (χ0n) is 26.3. The Morgan fingerprint density at radius 1 is 0.950 bits per heavy atom. The molecule has 4 saturated carbocycles. The Morgan fingerprint density at radius 3 is 2.40 bits per heavy atom. The molecule has 0 aliphatic heterocycles. The van der Waals surface area contributed by atoms with Crippen LogP contribution in [0.3, 0.4) is 0 Å². The molecule has 4 heteroatoms. The normalized spacial score (nSPS) is 39.1. The molecule has 0 amide bonds. The highest BCUT2D eigenvalue weighted by atomic mass is 16.5. The molecule has 4 nitrogen and oxygen atoms in total. The molecule has 0 radical (unpaired) electrons. The van der Waals surface area contributed by atoms with E-state index in [2.05, 4.69) is 40.7 Å². The van der Waals surface area contributed by atoms with Crippen molar-refractivity contribution in [2.75, 3.05) is 0 Å². The number of fused-ring (bicyclic) bond motifs is 5. The molecule has 1 N–H and O–H groups in total. The van der Waals surface area contributed by atoms with Crippen LogP contribution in [-0.4, -0.2) is 23.1 Å². The molecule has 0 aromatic carbocycles. The maximum atomic E-state index is 13.0. The summed E-state index contributed by atoms with van der Waals surface area (Å²) < 4.78 is 6.09. The first-order chi connectivity index (χ1) is 19.0. The number of hydrogen-bond acceptors (Lipinski definition) is 3. The van der Waals surface area contributed by atoms with Gasteiger partial charge in [0.05, 0.1) is 12.8 Å². The lowest BCUT2D eigenvalue weighted by atomic mass is 9.47. The lowest BCUT2D eigenvalue weighted by Gasteiger charge is -2.58. The maximum absolute atomic E-state index is 13.0. The summed E-state index contributed by atoms with van der Waals surface area (Å²) in [4.78, 5) is 24.5. The average Bonchev–Trinajstić information content (AvgIpc) is 3.47. The third kappa shape index (κ3) is 5.81. The van der Waals surface area contributed by atoms with Crippen molar-refractivity contribution >= 4 is 11.9 Å². The van der Waals surface area contributed by atoms with Crippen LogP contribution in [0.4, 0.5) is 0 Å². The van der Waals surface area contributed by atoms with Gasteiger partial charge in [0, 0.05) is 6.42 Å². The number of carboxylic acids is 1. The van der Waals surface area contributed by atoms with E-state index in [0.29, 0.717) is 5.41 Å². The van der Waals surface area contributed by atoms with Gasteiger partial charge >= 0.3 is 11.9 Å². The van der Waals surface area contributed by atoms with Gasteiger partial charge in [-0.3, -0.25) is 9.59 Å². The lowest BCUT2D eigenvalue weighted by molar-refractivity contribution is -0.155. The maximum Gasteiger partial charge on any atom is 0.306 e. The molecule has 226 valence electrons. The molecular formula is C36H58O4. The van der Waals surface area contributed by atoms with Gasteiger partial charge in [0.1, 0.15) is 6.10 Å². The quantitative estimate of drug-likeness (QED) is 0.216. The zero-order valence-corrected chi connectivity index (χ0v) is 26.3. The van der Waals surface area contributed by atoms with E-state index in [0.717, 1.165) is 80.5 Å². The molecule has 5 aliphatic carbocycles. The van der Waals surface area contributed by atoms with Crippen LogP contribution in [-0.2, 0) is 14.3 Å². The first-order valence-corrected chi connectivity index (χ1v) is 17.1. The Hall–Kier alpha value is -1.32. The van der Waals surface area contributed by atoms with E-state index in [4.69, 9.17) is 4.74 Å². The van der Waals surface area contributed by atoms with Crippen molar-refractivity contribution in [3.63, 3.8) is 0 Å². The summed E-state index contributed by atoms with van der Waals surface area (Å²) in [6.07, 6.45) is 20.6. The van der Waals surface area contributed by atoms with Gasteiger partial charge in [-0.1, -0.05) is 78.4 Å². The van der Waals surface area contributed by atoms with E-state index in [1.54, 1.807) is 5.57 Å². The van der Waals surface area contributed by atoms with E-state index in [-0.39, 0.29) is 35.7 Å². The minimum Gasteiger partial charge on any atom is -0.481 e. The highest BCUT2D eigenvalue weighted by molar-refractivity contribution is 5.73. The molecule has 0 aromatic rings. The number of rotatable bonds is 10. The van der Waals surface area contributed by atoms with Crippen LogP contribution in [0.15, 0.2) is 11.6 Å². The van der Waals surface area contributed by atoms with Crippen molar-refractivity contribution in [2.45, 2.75) is 150 Å². The first kappa shape index (κ1) is 30.1. The van der Waals surface area contributed by atoms with Gasteiger partial charge in [0.15, 0.2) is 0 Å². The van der Waals surface area contributed by atoms with Crippen molar-refractivity contribution in [3.05, 3.63) is 11.6 Å². The van der Waals surface area contributed by atoms with Crippen molar-refractivity contribution in [1.82, 2.24) is 0 Å². The van der Waals surface area contributed by atoms with Crippen LogP contribution in [0.2, 0.25) is 0 Å². The minimum absolute atomic E-state index is 0.0388. The zero-order chi connectivity index (χ0) is 28.7. The molecule has 0 spiro atoms. The van der Waals surface area contributed by atoms with E-state index in [1.165, 1.54) is 51.4 Å². The molecule has 4 fully saturated rings. The molecule has 0 saturated heterocycles. The van der Waals surface area contributed by atoms with Gasteiger partial charge in [-0.15, -0.1) is 0 Å². The third-order valence-corrected chi connectivity index (χ3v) is 13.3. The van der Waals surface area contributed by atoms with Crippen LogP contribution >= 0.6 is 0 Å². The Kier molecular flexibility index (Phi) is 8.86. The van der Waals surface area contributed by atoms with Crippen molar-refractivity contribution in [1.29, 1.82) is 0 Å². The molecule has 1 unspecified atom stereocenters. The van der Waals surface area contributed by atoms with Crippen LogP contribution in [0, 0.1) is 51.8 Å². The van der Waals surface area contributed by atoms with Crippen LogP contribution in [0.25, 0.3) is 0 Å². The molecule has 8 atom stereocenters. The summed E-state index contributed by atoms with van der Waals surface area (Å²) in [5.74, 6) is 4.06. The number of carbonyl (C=O) groups excluding carboxylic acids is 1. The van der Waals surface area contributed by atoms with Gasteiger partial charge in [0.2, 0.25) is 0 Å². The number of ether oxygens (including phenoxy) is 1. The molecule has 0 bridgehead atoms. The summed E-state index contributed by atoms with van der Waals surface area (Å²) in [6.45, 7) is 12.5. The topological polar surface area (TPSA) is 63.6 Å². The molecule has 40 heavy (non-hydrogen) atoms. The standard InChI is InChI=1S/C36H58O4/c1-24(2)9-8-10-25(3)29-13-14-30-28-12-11-26-21-27(15-19-34(26,4)31(28)16-20-35(29,30)5)40-33(39)23-36(22-32(37)38)17-6-7-18-36/h11,24-25,27-31H,6-10,12-23H2,1-5H3,(H,37,38)/t25-,27?,28+,29-,30+,31+,34+,35-/m1/s1. The monoisotopic (exact) mass is 554 g/mol. The Balaban J connectivity index is 1.21. The average molecular weight is 555 g/mol. The van der Waals surface area contributed by atoms with Crippen molar-refractivity contribution in [3.8, 4) is 0 Å². The fourth-order valence-electron chi connectivity index (χ4n) is 11.1. The number of hydrogen-bond donors (Lipinski definition) is 1. The second-order valence-corrected chi connectivity index (χ2v) is 16.1. The van der Waals surface area contributed by atoms with E-state index < -0.39 is 5.97 Å². The van der Waals surface area contributed by atoms with Gasteiger partial charge in [-0.25, -0.2) is 0 Å². The van der Waals surface area contributed by atoms with E-state index >= 15 is 0 Å². The number of allylic oxidation sites excluding steroid dienone is 1. The summed E-state index contributed by atoms with van der Waals surface area (Å²) in [5.41, 5.74) is 1.94. The summed E-state index contributed by atoms with van der Waals surface area (Å²) in [7, 11) is 0. The second-order valence-electron chi connectivity index (χ2n) is 16.1. The Bertz CT molecular complexity index is 960. The van der Waals surface area contributed by atoms with Crippen molar-refractivity contribution in [2.24, 2.45) is 51.8 Å².